The first-order chi connectivity index (χ1) is 7.23. The van der Waals surface area contributed by atoms with Crippen molar-refractivity contribution in [2.75, 3.05) is 6.61 Å². The molecule has 0 amide bonds. The fourth-order valence-corrected chi connectivity index (χ4v) is 2.41. The van der Waals surface area contributed by atoms with E-state index in [1.54, 1.807) is 5.51 Å². The summed E-state index contributed by atoms with van der Waals surface area (Å²) >= 11 is 1.48. The van der Waals surface area contributed by atoms with E-state index in [4.69, 9.17) is 4.74 Å². The molecule has 1 unspecified atom stereocenters. The molecule has 1 aromatic rings. The average molecular weight is 227 g/mol. The zero-order chi connectivity index (χ0) is 10.7. The highest BCUT2D eigenvalue weighted by Gasteiger charge is 2.41. The van der Waals surface area contributed by atoms with Crippen LogP contribution in [0.3, 0.4) is 0 Å². The van der Waals surface area contributed by atoms with Crippen molar-refractivity contribution >= 4 is 17.3 Å². The van der Waals surface area contributed by atoms with Crippen LogP contribution in [0.1, 0.15) is 25.0 Å². The lowest BCUT2D eigenvalue weighted by Crippen LogP contribution is -2.46. The van der Waals surface area contributed by atoms with Crippen LogP contribution in [0.5, 0.6) is 0 Å². The molecular weight excluding hydrogens is 214 g/mol. The number of ether oxygens (including phenoxy) is 1. The number of aliphatic carboxylic acids is 1. The Hall–Kier alpha value is -0.940. The zero-order valence-corrected chi connectivity index (χ0v) is 9.13. The minimum atomic E-state index is -1.04. The minimum Gasteiger partial charge on any atom is -0.479 e. The lowest BCUT2D eigenvalue weighted by atomic mass is 9.89. The van der Waals surface area contributed by atoms with Gasteiger partial charge >= 0.3 is 5.97 Å². The molecule has 0 bridgehead atoms. The van der Waals surface area contributed by atoms with E-state index in [1.807, 2.05) is 5.38 Å². The third-order valence-electron chi connectivity index (χ3n) is 2.69. The SMILES string of the molecule is O=C(O)C1(Cc2cscn2)CCCCO1. The molecule has 0 saturated carbocycles. The zero-order valence-electron chi connectivity index (χ0n) is 8.31. The van der Waals surface area contributed by atoms with Crippen LogP contribution >= 0.6 is 11.3 Å². The third-order valence-corrected chi connectivity index (χ3v) is 3.33. The van der Waals surface area contributed by atoms with E-state index in [0.29, 0.717) is 19.4 Å². The van der Waals surface area contributed by atoms with Crippen LogP contribution in [0, 0.1) is 0 Å². The predicted octanol–water partition coefficient (Wildman–Crippen LogP) is 1.71. The van der Waals surface area contributed by atoms with E-state index in [-0.39, 0.29) is 0 Å². The predicted molar refractivity (Wildman–Crippen MR) is 56.0 cm³/mol. The molecule has 1 fully saturated rings. The Balaban J connectivity index is 2.15. The Kier molecular flexibility index (Phi) is 3.02. The van der Waals surface area contributed by atoms with Crippen LogP contribution in [0.2, 0.25) is 0 Å². The molecule has 15 heavy (non-hydrogen) atoms. The standard InChI is InChI=1S/C10H13NO3S/c12-9(13)10(3-1-2-4-14-10)5-8-6-15-7-11-8/h6-7H,1-5H2,(H,12,13). The Labute approximate surface area is 91.9 Å². The van der Waals surface area contributed by atoms with Gasteiger partial charge in [0.2, 0.25) is 0 Å². The molecule has 1 aliphatic rings. The second kappa shape index (κ2) is 4.28. The Morgan fingerprint density at radius 3 is 3.07 bits per heavy atom. The molecule has 0 aliphatic carbocycles. The van der Waals surface area contributed by atoms with Crippen LogP contribution in [0.4, 0.5) is 0 Å². The third kappa shape index (κ3) is 2.18. The molecule has 0 radical (unpaired) electrons. The van der Waals surface area contributed by atoms with Crippen molar-refractivity contribution in [3.8, 4) is 0 Å². The van der Waals surface area contributed by atoms with Gasteiger partial charge in [-0.25, -0.2) is 9.78 Å². The molecular formula is C10H13NO3S. The van der Waals surface area contributed by atoms with Crippen LogP contribution in [0.25, 0.3) is 0 Å². The lowest BCUT2D eigenvalue weighted by Gasteiger charge is -2.32. The summed E-state index contributed by atoms with van der Waals surface area (Å²) in [6, 6.07) is 0. The van der Waals surface area contributed by atoms with E-state index in [2.05, 4.69) is 4.98 Å². The van der Waals surface area contributed by atoms with E-state index in [0.717, 1.165) is 18.5 Å². The summed E-state index contributed by atoms with van der Waals surface area (Å²) in [5, 5.41) is 11.1. The van der Waals surface area contributed by atoms with Gasteiger partial charge in [-0.15, -0.1) is 11.3 Å². The summed E-state index contributed by atoms with van der Waals surface area (Å²) in [5.74, 6) is -0.866. The van der Waals surface area contributed by atoms with Crippen molar-refractivity contribution in [2.45, 2.75) is 31.3 Å². The molecule has 1 aliphatic heterocycles. The fourth-order valence-electron chi connectivity index (χ4n) is 1.85. The van der Waals surface area contributed by atoms with Gasteiger partial charge in [0.1, 0.15) is 0 Å². The molecule has 2 rings (SSSR count). The van der Waals surface area contributed by atoms with E-state index < -0.39 is 11.6 Å². The Morgan fingerprint density at radius 1 is 1.67 bits per heavy atom. The smallest absolute Gasteiger partial charge is 0.336 e. The highest BCUT2D eigenvalue weighted by atomic mass is 32.1. The van der Waals surface area contributed by atoms with Crippen LogP contribution < -0.4 is 0 Å². The largest absolute Gasteiger partial charge is 0.479 e. The van der Waals surface area contributed by atoms with Gasteiger partial charge in [-0.05, 0) is 19.3 Å². The maximum Gasteiger partial charge on any atom is 0.336 e. The first-order valence-corrected chi connectivity index (χ1v) is 5.92. The molecule has 5 heteroatoms. The van der Waals surface area contributed by atoms with Crippen molar-refractivity contribution in [3.63, 3.8) is 0 Å². The van der Waals surface area contributed by atoms with Gasteiger partial charge in [0, 0.05) is 18.4 Å². The second-order valence-electron chi connectivity index (χ2n) is 3.76. The van der Waals surface area contributed by atoms with Gasteiger partial charge in [-0.3, -0.25) is 0 Å². The number of rotatable bonds is 3. The number of hydrogen-bond acceptors (Lipinski definition) is 4. The second-order valence-corrected chi connectivity index (χ2v) is 4.48. The minimum absolute atomic E-state index is 0.381. The molecule has 2 heterocycles. The van der Waals surface area contributed by atoms with Crippen LogP contribution in [-0.2, 0) is 16.0 Å². The molecule has 1 N–H and O–H groups in total. The lowest BCUT2D eigenvalue weighted by molar-refractivity contribution is -0.172. The summed E-state index contributed by atoms with van der Waals surface area (Å²) in [5.41, 5.74) is 1.49. The molecule has 4 nitrogen and oxygen atoms in total. The summed E-state index contributed by atoms with van der Waals surface area (Å²) in [6.45, 7) is 0.538. The maximum atomic E-state index is 11.3. The molecule has 82 valence electrons. The number of carboxylic acid groups (broad SMARTS) is 1. The fraction of sp³-hybridized carbons (Fsp3) is 0.600. The van der Waals surface area contributed by atoms with E-state index >= 15 is 0 Å². The Bertz CT molecular complexity index is 330. The van der Waals surface area contributed by atoms with Crippen molar-refractivity contribution in [1.82, 2.24) is 4.98 Å². The van der Waals surface area contributed by atoms with Crippen molar-refractivity contribution in [1.29, 1.82) is 0 Å². The van der Waals surface area contributed by atoms with E-state index in [1.165, 1.54) is 11.3 Å². The van der Waals surface area contributed by atoms with Gasteiger partial charge in [-0.1, -0.05) is 0 Å². The normalized spacial score (nSPS) is 26.4. The van der Waals surface area contributed by atoms with Crippen LogP contribution in [-0.4, -0.2) is 28.3 Å². The van der Waals surface area contributed by atoms with Crippen molar-refractivity contribution in [3.05, 3.63) is 16.6 Å². The summed E-state index contributed by atoms with van der Waals surface area (Å²) < 4.78 is 5.47. The quantitative estimate of drug-likeness (QED) is 0.854. The van der Waals surface area contributed by atoms with Crippen molar-refractivity contribution < 1.29 is 14.6 Å². The highest BCUT2D eigenvalue weighted by molar-refractivity contribution is 7.07. The van der Waals surface area contributed by atoms with Crippen LogP contribution in [0.15, 0.2) is 10.9 Å². The number of thiazole rings is 1. The van der Waals surface area contributed by atoms with Gasteiger partial charge in [0.15, 0.2) is 5.60 Å². The topological polar surface area (TPSA) is 59.4 Å². The first-order valence-electron chi connectivity index (χ1n) is 4.97. The summed E-state index contributed by atoms with van der Waals surface area (Å²) in [6.07, 6.45) is 2.83. The Morgan fingerprint density at radius 2 is 2.53 bits per heavy atom. The van der Waals surface area contributed by atoms with Gasteiger partial charge < -0.3 is 9.84 Å². The maximum absolute atomic E-state index is 11.3. The number of hydrogen-bond donors (Lipinski definition) is 1. The molecule has 0 spiro atoms. The monoisotopic (exact) mass is 227 g/mol. The highest BCUT2D eigenvalue weighted by Crippen LogP contribution is 2.29. The molecule has 1 atom stereocenters. The number of nitrogens with zero attached hydrogens (tertiary/aromatic N) is 1. The molecule has 1 saturated heterocycles. The first kappa shape index (κ1) is 10.6. The van der Waals surface area contributed by atoms with Gasteiger partial charge in [0.25, 0.3) is 0 Å². The van der Waals surface area contributed by atoms with Gasteiger partial charge in [-0.2, -0.15) is 0 Å². The van der Waals surface area contributed by atoms with E-state index in [9.17, 15) is 9.90 Å². The molecule has 1 aromatic heterocycles. The summed E-state index contributed by atoms with van der Waals surface area (Å²) in [4.78, 5) is 15.4. The number of aromatic nitrogens is 1. The molecule has 0 aromatic carbocycles. The average Bonchev–Trinajstić information content (AvgIpc) is 2.71. The summed E-state index contributed by atoms with van der Waals surface area (Å²) in [7, 11) is 0. The van der Waals surface area contributed by atoms with Crippen molar-refractivity contribution in [2.24, 2.45) is 0 Å². The number of carboxylic acids is 1. The van der Waals surface area contributed by atoms with Gasteiger partial charge in [0.05, 0.1) is 11.2 Å². The number of carbonyl (C=O) groups is 1.